The lowest BCUT2D eigenvalue weighted by molar-refractivity contribution is -0.134. The molecule has 1 rings (SSSR count). The molecule has 4 nitrogen and oxygen atoms in total. The molecule has 16 heavy (non-hydrogen) atoms. The van der Waals surface area contributed by atoms with Gasteiger partial charge in [0.05, 0.1) is 5.70 Å². The lowest BCUT2D eigenvalue weighted by atomic mass is 10.0. The maximum atomic E-state index is 12.1. The Kier molecular flexibility index (Phi) is 3.73. The van der Waals surface area contributed by atoms with E-state index in [-0.39, 0.29) is 18.0 Å². The van der Waals surface area contributed by atoms with Crippen molar-refractivity contribution >= 4 is 11.7 Å². The molecule has 1 aliphatic rings. The quantitative estimate of drug-likeness (QED) is 0.776. The number of nitrogens with zero attached hydrogens (tertiary/aromatic N) is 2. The highest BCUT2D eigenvalue weighted by Gasteiger charge is 2.38. The van der Waals surface area contributed by atoms with Gasteiger partial charge < -0.3 is 9.80 Å². The number of carbonyl (C=O) groups excluding carboxylic acids is 1. The number of allylic oxidation sites excluding steroid dienone is 1. The zero-order valence-corrected chi connectivity index (χ0v) is 10.7. The van der Waals surface area contributed by atoms with Gasteiger partial charge in [0.2, 0.25) is 5.91 Å². The van der Waals surface area contributed by atoms with Crippen LogP contribution in [0.25, 0.3) is 0 Å². The Morgan fingerprint density at radius 3 is 2.44 bits per heavy atom. The van der Waals surface area contributed by atoms with E-state index < -0.39 is 0 Å². The third-order valence-corrected chi connectivity index (χ3v) is 3.03. The van der Waals surface area contributed by atoms with Crippen LogP contribution in [0.1, 0.15) is 34.1 Å². The molecule has 1 heterocycles. The van der Waals surface area contributed by atoms with Crippen molar-refractivity contribution in [3.8, 4) is 0 Å². The SMILES string of the molecule is C/C=C1\C(=N)N(C(C)C)[C@H](CC)C(=O)N1C. The van der Waals surface area contributed by atoms with Gasteiger partial charge in [0.25, 0.3) is 0 Å². The molecular weight excluding hydrogens is 202 g/mol. The fraction of sp³-hybridized carbons (Fsp3) is 0.667. The topological polar surface area (TPSA) is 47.4 Å². The molecule has 0 bridgehead atoms. The van der Waals surface area contributed by atoms with Gasteiger partial charge in [-0.05, 0) is 27.2 Å². The Labute approximate surface area is 97.4 Å². The summed E-state index contributed by atoms with van der Waals surface area (Å²) in [6, 6.07) is -0.0220. The second-order valence-electron chi connectivity index (χ2n) is 4.34. The predicted molar refractivity (Wildman–Crippen MR) is 65.3 cm³/mol. The van der Waals surface area contributed by atoms with Crippen molar-refractivity contribution in [1.29, 1.82) is 5.41 Å². The molecule has 1 aliphatic heterocycles. The summed E-state index contributed by atoms with van der Waals surface area (Å²) in [5.41, 5.74) is 0.698. The van der Waals surface area contributed by atoms with Crippen LogP contribution in [0.2, 0.25) is 0 Å². The summed E-state index contributed by atoms with van der Waals surface area (Å²) in [4.78, 5) is 15.6. The zero-order chi connectivity index (χ0) is 12.5. The second kappa shape index (κ2) is 4.68. The van der Waals surface area contributed by atoms with Crippen LogP contribution in [0.4, 0.5) is 0 Å². The molecule has 0 aromatic rings. The standard InChI is InChI=1S/C12H21N3O/c1-6-9-11(13)15(8(3)4)10(7-2)12(16)14(9)5/h6,8,10,13H,7H2,1-5H3/b9-6+,13-11?/t10-/m1/s1. The Hall–Kier alpha value is -1.32. The smallest absolute Gasteiger partial charge is 0.249 e. The van der Waals surface area contributed by atoms with Crippen molar-refractivity contribution in [1.82, 2.24) is 9.80 Å². The number of piperazine rings is 1. The minimum Gasteiger partial charge on any atom is -0.341 e. The first-order valence-corrected chi connectivity index (χ1v) is 5.76. The van der Waals surface area contributed by atoms with E-state index in [9.17, 15) is 4.79 Å². The number of amidine groups is 1. The molecule has 0 aliphatic carbocycles. The molecular formula is C12H21N3O. The van der Waals surface area contributed by atoms with Crippen molar-refractivity contribution < 1.29 is 4.79 Å². The molecule has 90 valence electrons. The summed E-state index contributed by atoms with van der Waals surface area (Å²) < 4.78 is 0. The molecule has 0 aromatic heterocycles. The van der Waals surface area contributed by atoms with Crippen LogP contribution in [0.5, 0.6) is 0 Å². The highest BCUT2D eigenvalue weighted by molar-refractivity contribution is 6.05. The summed E-state index contributed by atoms with van der Waals surface area (Å²) in [6.07, 6.45) is 2.56. The van der Waals surface area contributed by atoms with Gasteiger partial charge in [0.1, 0.15) is 11.9 Å². The largest absolute Gasteiger partial charge is 0.341 e. The molecule has 1 saturated heterocycles. The van der Waals surface area contributed by atoms with Crippen LogP contribution in [0.3, 0.4) is 0 Å². The Balaban J connectivity index is 3.16. The van der Waals surface area contributed by atoms with Gasteiger partial charge in [0, 0.05) is 13.1 Å². The minimum absolute atomic E-state index is 0.0836. The van der Waals surface area contributed by atoms with E-state index >= 15 is 0 Å². The molecule has 1 fully saturated rings. The lowest BCUT2D eigenvalue weighted by Gasteiger charge is -2.44. The van der Waals surface area contributed by atoms with E-state index in [4.69, 9.17) is 5.41 Å². The first-order valence-electron chi connectivity index (χ1n) is 5.76. The van der Waals surface area contributed by atoms with Crippen LogP contribution >= 0.6 is 0 Å². The molecule has 4 heteroatoms. The van der Waals surface area contributed by atoms with Crippen LogP contribution in [-0.4, -0.2) is 40.7 Å². The Morgan fingerprint density at radius 2 is 2.06 bits per heavy atom. The molecule has 0 aromatic carbocycles. The number of nitrogens with one attached hydrogen (secondary N) is 1. The van der Waals surface area contributed by atoms with Gasteiger partial charge in [-0.1, -0.05) is 13.0 Å². The number of likely N-dealkylation sites (N-methyl/N-ethyl adjacent to an activating group) is 1. The Morgan fingerprint density at radius 1 is 1.50 bits per heavy atom. The van der Waals surface area contributed by atoms with Crippen LogP contribution < -0.4 is 0 Å². The number of hydrogen-bond acceptors (Lipinski definition) is 2. The Bertz CT molecular complexity index is 333. The zero-order valence-electron chi connectivity index (χ0n) is 10.7. The van der Waals surface area contributed by atoms with E-state index in [2.05, 4.69) is 0 Å². The fourth-order valence-corrected chi connectivity index (χ4v) is 2.23. The van der Waals surface area contributed by atoms with E-state index in [1.807, 2.05) is 38.7 Å². The summed E-state index contributed by atoms with van der Waals surface area (Å²) >= 11 is 0. The number of rotatable bonds is 2. The number of hydrogen-bond donors (Lipinski definition) is 1. The van der Waals surface area contributed by atoms with Crippen molar-refractivity contribution in [2.45, 2.75) is 46.2 Å². The molecule has 0 saturated carbocycles. The lowest BCUT2D eigenvalue weighted by Crippen LogP contribution is -2.59. The first kappa shape index (κ1) is 12.7. The monoisotopic (exact) mass is 223 g/mol. The van der Waals surface area contributed by atoms with Gasteiger partial charge in [-0.15, -0.1) is 0 Å². The van der Waals surface area contributed by atoms with Crippen molar-refractivity contribution in [3.05, 3.63) is 11.8 Å². The maximum Gasteiger partial charge on any atom is 0.249 e. The molecule has 1 N–H and O–H groups in total. The number of carbonyl (C=O) groups is 1. The predicted octanol–water partition coefficient (Wildman–Crippen LogP) is 1.83. The molecule has 0 spiro atoms. The van der Waals surface area contributed by atoms with Gasteiger partial charge in [0.15, 0.2) is 0 Å². The van der Waals surface area contributed by atoms with E-state index in [0.717, 1.165) is 6.42 Å². The summed E-state index contributed by atoms with van der Waals surface area (Å²) in [5, 5.41) is 8.15. The van der Waals surface area contributed by atoms with Gasteiger partial charge in [-0.25, -0.2) is 0 Å². The average Bonchev–Trinajstić information content (AvgIpc) is 2.23. The van der Waals surface area contributed by atoms with Gasteiger partial charge >= 0.3 is 0 Å². The van der Waals surface area contributed by atoms with E-state index in [0.29, 0.717) is 11.5 Å². The van der Waals surface area contributed by atoms with Gasteiger partial charge in [-0.2, -0.15) is 0 Å². The third kappa shape index (κ3) is 1.84. The normalized spacial score (nSPS) is 24.9. The molecule has 1 atom stereocenters. The van der Waals surface area contributed by atoms with Crippen LogP contribution in [-0.2, 0) is 4.79 Å². The van der Waals surface area contributed by atoms with Crippen molar-refractivity contribution in [3.63, 3.8) is 0 Å². The number of amides is 1. The van der Waals surface area contributed by atoms with Crippen LogP contribution in [0, 0.1) is 5.41 Å². The highest BCUT2D eigenvalue weighted by atomic mass is 16.2. The minimum atomic E-state index is -0.193. The third-order valence-electron chi connectivity index (χ3n) is 3.03. The first-order chi connectivity index (χ1) is 7.45. The van der Waals surface area contributed by atoms with Crippen molar-refractivity contribution in [2.24, 2.45) is 0 Å². The fourth-order valence-electron chi connectivity index (χ4n) is 2.23. The van der Waals surface area contributed by atoms with Gasteiger partial charge in [-0.3, -0.25) is 10.2 Å². The van der Waals surface area contributed by atoms with Crippen LogP contribution in [0.15, 0.2) is 11.8 Å². The van der Waals surface area contributed by atoms with E-state index in [1.165, 1.54) is 0 Å². The average molecular weight is 223 g/mol. The van der Waals surface area contributed by atoms with E-state index in [1.54, 1.807) is 11.9 Å². The molecule has 0 unspecified atom stereocenters. The summed E-state index contributed by atoms with van der Waals surface area (Å²) in [5.74, 6) is 0.534. The second-order valence-corrected chi connectivity index (χ2v) is 4.34. The van der Waals surface area contributed by atoms with Crippen molar-refractivity contribution in [2.75, 3.05) is 7.05 Å². The molecule has 1 amide bonds. The summed E-state index contributed by atoms with van der Waals surface area (Å²) in [7, 11) is 1.74. The highest BCUT2D eigenvalue weighted by Crippen LogP contribution is 2.23. The maximum absolute atomic E-state index is 12.1. The molecule has 0 radical (unpaired) electrons. The summed E-state index contributed by atoms with van der Waals surface area (Å²) in [6.45, 7) is 7.88.